The van der Waals surface area contributed by atoms with Crippen LogP contribution in [0.5, 0.6) is 0 Å². The molecule has 3 heterocycles. The second-order valence-corrected chi connectivity index (χ2v) is 7.34. The molecule has 118 valence electrons. The van der Waals surface area contributed by atoms with E-state index in [2.05, 4.69) is 74.6 Å². The summed E-state index contributed by atoms with van der Waals surface area (Å²) in [5.41, 5.74) is 0. The van der Waals surface area contributed by atoms with E-state index in [0.29, 0.717) is 0 Å². The zero-order valence-electron chi connectivity index (χ0n) is 12.2. The second-order valence-electron chi connectivity index (χ2n) is 4.88. The van der Waals surface area contributed by atoms with Crippen molar-refractivity contribution in [1.29, 1.82) is 0 Å². The van der Waals surface area contributed by atoms with Crippen LogP contribution in [-0.2, 0) is 0 Å². The van der Waals surface area contributed by atoms with E-state index in [1.807, 2.05) is 30.5 Å². The fourth-order valence-electron chi connectivity index (χ4n) is 1.99. The van der Waals surface area contributed by atoms with Crippen LogP contribution >= 0.6 is 47.8 Å². The van der Waals surface area contributed by atoms with Crippen LogP contribution in [0.1, 0.15) is 0 Å². The fraction of sp³-hybridized carbons (Fsp3) is 0.333. The number of hydrogen-bond donors (Lipinski definition) is 0. The molecule has 0 aromatic carbocycles. The van der Waals surface area contributed by atoms with Crippen molar-refractivity contribution in [2.45, 2.75) is 0 Å². The molecule has 0 atom stereocenters. The lowest BCUT2D eigenvalue weighted by Gasteiger charge is -2.33. The zero-order chi connectivity index (χ0) is 15.9. The Bertz CT molecular complexity index is 580. The van der Waals surface area contributed by atoms with Gasteiger partial charge >= 0.3 is 0 Å². The molecule has 0 unspecified atom stereocenters. The van der Waals surface area contributed by atoms with E-state index in [4.69, 9.17) is 0 Å². The van der Waals surface area contributed by atoms with E-state index in [0.717, 1.165) is 45.5 Å². The quantitative estimate of drug-likeness (QED) is 0.558. The molecule has 0 N–H and O–H groups in total. The molecule has 1 aliphatic heterocycles. The maximum atomic E-state index is 4.39. The molecule has 0 aliphatic carbocycles. The van der Waals surface area contributed by atoms with Crippen molar-refractivity contribution in [2.24, 2.45) is 0 Å². The lowest BCUT2D eigenvalue weighted by atomic mass is 10.3. The number of anilines is 1. The van der Waals surface area contributed by atoms with Gasteiger partial charge in [0.05, 0.1) is 8.95 Å². The van der Waals surface area contributed by atoms with E-state index in [1.54, 1.807) is 6.20 Å². The zero-order valence-corrected chi connectivity index (χ0v) is 17.0. The third kappa shape index (κ3) is 5.30. The summed E-state index contributed by atoms with van der Waals surface area (Å²) < 4.78 is 2.92. The van der Waals surface area contributed by atoms with Crippen molar-refractivity contribution in [1.82, 2.24) is 14.9 Å². The van der Waals surface area contributed by atoms with Crippen LogP contribution in [0.15, 0.2) is 50.2 Å². The molecule has 2 aromatic heterocycles. The standard InChI is InChI=1S/C10H14BrN3.C5H3Br2N/c1-13-5-7-14(8-6-13)10-9(11)3-2-4-12-10;6-4-2-1-3-8-5(4)7/h2-4H,5-8H2,1H3;1-3H. The predicted molar refractivity (Wildman–Crippen MR) is 101 cm³/mol. The third-order valence-corrected chi connectivity index (χ3v) is 5.68. The summed E-state index contributed by atoms with van der Waals surface area (Å²) in [5.74, 6) is 1.07. The first-order valence-corrected chi connectivity index (χ1v) is 9.26. The van der Waals surface area contributed by atoms with Gasteiger partial charge in [-0.15, -0.1) is 0 Å². The summed E-state index contributed by atoms with van der Waals surface area (Å²) in [5, 5.41) is 0. The lowest BCUT2D eigenvalue weighted by molar-refractivity contribution is 0.312. The minimum absolute atomic E-state index is 0.847. The van der Waals surface area contributed by atoms with Crippen LogP contribution in [-0.4, -0.2) is 48.1 Å². The molecular weight excluding hydrogens is 476 g/mol. The number of likely N-dealkylation sites (N-methyl/N-ethyl adjacent to an activating group) is 1. The number of halogens is 3. The smallest absolute Gasteiger partial charge is 0.142 e. The van der Waals surface area contributed by atoms with Crippen LogP contribution in [0, 0.1) is 0 Å². The molecule has 2 aromatic rings. The third-order valence-electron chi connectivity index (χ3n) is 3.26. The van der Waals surface area contributed by atoms with Gasteiger partial charge in [-0.25, -0.2) is 9.97 Å². The minimum Gasteiger partial charge on any atom is -0.353 e. The fourth-order valence-corrected chi connectivity index (χ4v) is 3.01. The highest BCUT2D eigenvalue weighted by Gasteiger charge is 2.16. The molecule has 1 aliphatic rings. The van der Waals surface area contributed by atoms with Gasteiger partial charge in [0, 0.05) is 38.6 Å². The summed E-state index contributed by atoms with van der Waals surface area (Å²) in [4.78, 5) is 13.0. The van der Waals surface area contributed by atoms with E-state index in [9.17, 15) is 0 Å². The number of nitrogens with zero attached hydrogens (tertiary/aromatic N) is 4. The summed E-state index contributed by atoms with van der Waals surface area (Å²) in [6.45, 7) is 4.35. The largest absolute Gasteiger partial charge is 0.353 e. The van der Waals surface area contributed by atoms with E-state index in [-0.39, 0.29) is 0 Å². The molecule has 4 nitrogen and oxygen atoms in total. The topological polar surface area (TPSA) is 32.3 Å². The SMILES string of the molecule is Brc1cccnc1Br.CN1CCN(c2ncccc2Br)CC1. The maximum absolute atomic E-state index is 4.39. The summed E-state index contributed by atoms with van der Waals surface area (Å²) >= 11 is 10.1. The maximum Gasteiger partial charge on any atom is 0.142 e. The van der Waals surface area contributed by atoms with Gasteiger partial charge in [-0.1, -0.05) is 0 Å². The van der Waals surface area contributed by atoms with Crippen molar-refractivity contribution in [3.8, 4) is 0 Å². The van der Waals surface area contributed by atoms with Gasteiger partial charge in [-0.2, -0.15) is 0 Å². The molecule has 1 fully saturated rings. The Morgan fingerprint density at radius 2 is 1.45 bits per heavy atom. The highest BCUT2D eigenvalue weighted by Crippen LogP contribution is 2.23. The van der Waals surface area contributed by atoms with E-state index >= 15 is 0 Å². The van der Waals surface area contributed by atoms with Gasteiger partial charge in [0.25, 0.3) is 0 Å². The summed E-state index contributed by atoms with van der Waals surface area (Å²) in [6.07, 6.45) is 3.58. The first-order chi connectivity index (χ1) is 10.6. The Labute approximate surface area is 156 Å². The average Bonchev–Trinajstić information content (AvgIpc) is 2.52. The Kier molecular flexibility index (Phi) is 7.27. The van der Waals surface area contributed by atoms with Gasteiger partial charge in [0.1, 0.15) is 10.4 Å². The normalized spacial score (nSPS) is 15.2. The summed E-state index contributed by atoms with van der Waals surface area (Å²) in [7, 11) is 2.16. The molecule has 0 amide bonds. The average molecular weight is 493 g/mol. The van der Waals surface area contributed by atoms with Crippen molar-refractivity contribution in [3.05, 3.63) is 50.2 Å². The first kappa shape index (κ1) is 17.8. The van der Waals surface area contributed by atoms with Gasteiger partial charge in [-0.3, -0.25) is 0 Å². The van der Waals surface area contributed by atoms with Crippen LogP contribution < -0.4 is 4.90 Å². The Hall–Kier alpha value is -0.500. The molecule has 3 rings (SSSR count). The van der Waals surface area contributed by atoms with Crippen LogP contribution in [0.4, 0.5) is 5.82 Å². The Morgan fingerprint density at radius 3 is 1.95 bits per heavy atom. The van der Waals surface area contributed by atoms with Crippen LogP contribution in [0.3, 0.4) is 0 Å². The van der Waals surface area contributed by atoms with Gasteiger partial charge in [0.15, 0.2) is 0 Å². The van der Waals surface area contributed by atoms with Gasteiger partial charge in [-0.05, 0) is 79.1 Å². The number of piperazine rings is 1. The van der Waals surface area contributed by atoms with E-state index < -0.39 is 0 Å². The highest BCUT2D eigenvalue weighted by atomic mass is 79.9. The molecule has 0 radical (unpaired) electrons. The molecule has 7 heteroatoms. The Morgan fingerprint density at radius 1 is 0.864 bits per heavy atom. The second kappa shape index (κ2) is 8.96. The van der Waals surface area contributed by atoms with E-state index in [1.165, 1.54) is 0 Å². The number of aromatic nitrogens is 2. The first-order valence-electron chi connectivity index (χ1n) is 6.88. The number of rotatable bonds is 1. The van der Waals surface area contributed by atoms with Crippen LogP contribution in [0.25, 0.3) is 0 Å². The number of pyridine rings is 2. The van der Waals surface area contributed by atoms with Crippen molar-refractivity contribution >= 4 is 53.6 Å². The van der Waals surface area contributed by atoms with Gasteiger partial charge < -0.3 is 9.80 Å². The highest BCUT2D eigenvalue weighted by molar-refractivity contribution is 9.13. The predicted octanol–water partition coefficient (Wildman–Crippen LogP) is 4.20. The van der Waals surface area contributed by atoms with Crippen molar-refractivity contribution in [3.63, 3.8) is 0 Å². The molecular formula is C15H17Br3N4. The van der Waals surface area contributed by atoms with Crippen molar-refractivity contribution < 1.29 is 0 Å². The minimum atomic E-state index is 0.847. The van der Waals surface area contributed by atoms with Gasteiger partial charge in [0.2, 0.25) is 0 Å². The Balaban J connectivity index is 0.000000188. The monoisotopic (exact) mass is 490 g/mol. The molecule has 0 saturated carbocycles. The molecule has 1 saturated heterocycles. The molecule has 22 heavy (non-hydrogen) atoms. The lowest BCUT2D eigenvalue weighted by Crippen LogP contribution is -2.44. The summed E-state index contributed by atoms with van der Waals surface area (Å²) in [6, 6.07) is 7.79. The molecule has 0 bridgehead atoms. The van der Waals surface area contributed by atoms with Crippen molar-refractivity contribution in [2.75, 3.05) is 38.1 Å². The number of hydrogen-bond acceptors (Lipinski definition) is 4. The van der Waals surface area contributed by atoms with Crippen LogP contribution in [0.2, 0.25) is 0 Å². The molecule has 0 spiro atoms.